The van der Waals surface area contributed by atoms with Gasteiger partial charge in [0.2, 0.25) is 0 Å². The lowest BCUT2D eigenvalue weighted by molar-refractivity contribution is -0.384. The molecule has 0 atom stereocenters. The van der Waals surface area contributed by atoms with Crippen molar-refractivity contribution in [1.82, 2.24) is 4.90 Å². The van der Waals surface area contributed by atoms with E-state index in [0.717, 1.165) is 23.6 Å². The number of carbonyl (C=O) groups excluding carboxylic acids is 2. The predicted molar refractivity (Wildman–Crippen MR) is 115 cm³/mol. The zero-order valence-electron chi connectivity index (χ0n) is 15.6. The van der Waals surface area contributed by atoms with E-state index in [1.807, 2.05) is 29.6 Å². The molecule has 152 valence electrons. The van der Waals surface area contributed by atoms with Crippen LogP contribution in [0.5, 0.6) is 0 Å². The summed E-state index contributed by atoms with van der Waals surface area (Å²) in [4.78, 5) is 38.1. The van der Waals surface area contributed by atoms with Crippen molar-refractivity contribution in [2.45, 2.75) is 13.0 Å². The number of nitro groups is 1. The second-order valence-electron chi connectivity index (χ2n) is 6.81. The van der Waals surface area contributed by atoms with Gasteiger partial charge in [0.25, 0.3) is 17.5 Å². The molecule has 2 amide bonds. The molecule has 0 bridgehead atoms. The van der Waals surface area contributed by atoms with Crippen molar-refractivity contribution in [2.75, 3.05) is 11.9 Å². The van der Waals surface area contributed by atoms with Gasteiger partial charge in [0, 0.05) is 30.9 Å². The van der Waals surface area contributed by atoms with Crippen LogP contribution in [0.1, 0.15) is 31.2 Å². The molecule has 1 N–H and O–H groups in total. The van der Waals surface area contributed by atoms with E-state index in [4.69, 9.17) is 11.6 Å². The number of hydrogen-bond donors (Lipinski definition) is 1. The van der Waals surface area contributed by atoms with Gasteiger partial charge in [0.1, 0.15) is 0 Å². The van der Waals surface area contributed by atoms with Crippen molar-refractivity contribution in [3.05, 3.63) is 90.6 Å². The Bertz CT molecular complexity index is 1150. The molecule has 9 heteroatoms. The quantitative estimate of drug-likeness (QED) is 0.466. The number of rotatable bonds is 4. The van der Waals surface area contributed by atoms with Crippen LogP contribution < -0.4 is 5.32 Å². The van der Waals surface area contributed by atoms with Crippen LogP contribution in [-0.4, -0.2) is 28.2 Å². The SMILES string of the molecule is O=C(Nc1ccc2c(c1)CN(C(=O)c1cccs1)CC2)c1cc([N+](=O)[O-])ccc1Cl. The van der Waals surface area contributed by atoms with Crippen molar-refractivity contribution < 1.29 is 14.5 Å². The Hall–Kier alpha value is -3.23. The number of hydrogen-bond acceptors (Lipinski definition) is 5. The number of halogens is 1. The van der Waals surface area contributed by atoms with Gasteiger partial charge in [0.15, 0.2) is 0 Å². The third-order valence-electron chi connectivity index (χ3n) is 4.90. The lowest BCUT2D eigenvalue weighted by Crippen LogP contribution is -2.35. The zero-order valence-corrected chi connectivity index (χ0v) is 17.2. The molecule has 0 fully saturated rings. The molecule has 0 spiro atoms. The normalized spacial score (nSPS) is 12.9. The molecule has 4 rings (SSSR count). The fourth-order valence-corrected chi connectivity index (χ4v) is 4.26. The van der Waals surface area contributed by atoms with Crippen molar-refractivity contribution in [3.8, 4) is 0 Å². The Morgan fingerprint density at radius 3 is 2.70 bits per heavy atom. The van der Waals surface area contributed by atoms with Crippen LogP contribution in [0.3, 0.4) is 0 Å². The van der Waals surface area contributed by atoms with Gasteiger partial charge in [-0.25, -0.2) is 0 Å². The lowest BCUT2D eigenvalue weighted by atomic mass is 9.98. The first-order chi connectivity index (χ1) is 14.4. The minimum atomic E-state index is -0.578. The second kappa shape index (κ2) is 8.25. The van der Waals surface area contributed by atoms with Gasteiger partial charge < -0.3 is 10.2 Å². The Balaban J connectivity index is 1.53. The fraction of sp³-hybridized carbons (Fsp3) is 0.143. The van der Waals surface area contributed by atoms with Crippen molar-refractivity contribution >= 4 is 46.1 Å². The molecule has 2 heterocycles. The van der Waals surface area contributed by atoms with Crippen LogP contribution in [0.25, 0.3) is 0 Å². The summed E-state index contributed by atoms with van der Waals surface area (Å²) in [5, 5.41) is 15.7. The van der Waals surface area contributed by atoms with Crippen molar-refractivity contribution in [3.63, 3.8) is 0 Å². The third kappa shape index (κ3) is 4.05. The van der Waals surface area contributed by atoms with Crippen LogP contribution in [0, 0.1) is 10.1 Å². The number of nitro benzene ring substituents is 1. The van der Waals surface area contributed by atoms with Gasteiger partial charge >= 0.3 is 0 Å². The maximum absolute atomic E-state index is 12.6. The fourth-order valence-electron chi connectivity index (χ4n) is 3.36. The van der Waals surface area contributed by atoms with E-state index in [1.54, 1.807) is 11.0 Å². The summed E-state index contributed by atoms with van der Waals surface area (Å²) in [6, 6.07) is 12.9. The number of carbonyl (C=O) groups is 2. The standard InChI is InChI=1S/C21H16ClN3O4S/c22-18-6-5-16(25(28)29)11-17(18)20(26)23-15-4-3-13-7-8-24(12-14(13)10-15)21(27)19-2-1-9-30-19/h1-6,9-11H,7-8,12H2,(H,23,26). The van der Waals surface area contributed by atoms with Gasteiger partial charge in [-0.1, -0.05) is 23.7 Å². The average molecular weight is 442 g/mol. The molecule has 1 aromatic heterocycles. The number of nitrogens with zero attached hydrogens (tertiary/aromatic N) is 2. The van der Waals surface area contributed by atoms with Gasteiger partial charge in [0.05, 0.1) is 20.4 Å². The van der Waals surface area contributed by atoms with Crippen LogP contribution in [-0.2, 0) is 13.0 Å². The molecule has 0 saturated heterocycles. The topological polar surface area (TPSA) is 92.6 Å². The molecule has 3 aromatic rings. The largest absolute Gasteiger partial charge is 0.333 e. The molecule has 0 unspecified atom stereocenters. The molecule has 0 aliphatic carbocycles. The van der Waals surface area contributed by atoms with Gasteiger partial charge in [-0.05, 0) is 47.2 Å². The number of benzene rings is 2. The first-order valence-corrected chi connectivity index (χ1v) is 10.4. The zero-order chi connectivity index (χ0) is 21.3. The maximum Gasteiger partial charge on any atom is 0.270 e. The average Bonchev–Trinajstić information content (AvgIpc) is 3.27. The number of amides is 2. The van der Waals surface area contributed by atoms with Crippen molar-refractivity contribution in [1.29, 1.82) is 0 Å². The highest BCUT2D eigenvalue weighted by Gasteiger charge is 2.23. The Kier molecular flexibility index (Phi) is 5.52. The molecular formula is C21H16ClN3O4S. The van der Waals surface area contributed by atoms with E-state index >= 15 is 0 Å². The van der Waals surface area contributed by atoms with Gasteiger partial charge in [-0.15, -0.1) is 11.3 Å². The summed E-state index contributed by atoms with van der Waals surface area (Å²) >= 11 is 7.46. The summed E-state index contributed by atoms with van der Waals surface area (Å²) in [7, 11) is 0. The van der Waals surface area contributed by atoms with E-state index in [0.29, 0.717) is 23.7 Å². The number of anilines is 1. The summed E-state index contributed by atoms with van der Waals surface area (Å²) < 4.78 is 0. The van der Waals surface area contributed by atoms with Crippen LogP contribution in [0.15, 0.2) is 53.9 Å². The number of thiophene rings is 1. The summed E-state index contributed by atoms with van der Waals surface area (Å²) in [6.45, 7) is 1.09. The van der Waals surface area contributed by atoms with E-state index in [2.05, 4.69) is 5.32 Å². The second-order valence-corrected chi connectivity index (χ2v) is 8.17. The van der Waals surface area contributed by atoms with E-state index in [9.17, 15) is 19.7 Å². The third-order valence-corrected chi connectivity index (χ3v) is 6.09. The molecule has 7 nitrogen and oxygen atoms in total. The smallest absolute Gasteiger partial charge is 0.270 e. The van der Waals surface area contributed by atoms with E-state index in [-0.39, 0.29) is 22.2 Å². The molecule has 0 saturated carbocycles. The van der Waals surface area contributed by atoms with Crippen molar-refractivity contribution in [2.24, 2.45) is 0 Å². The van der Waals surface area contributed by atoms with E-state index < -0.39 is 10.8 Å². The Labute approximate surface area is 181 Å². The molecule has 1 aliphatic rings. The lowest BCUT2D eigenvalue weighted by Gasteiger charge is -2.29. The number of nitrogens with one attached hydrogen (secondary N) is 1. The summed E-state index contributed by atoms with van der Waals surface area (Å²) in [5.41, 5.74) is 2.42. The monoisotopic (exact) mass is 441 g/mol. The van der Waals surface area contributed by atoms with Crippen LogP contribution in [0.4, 0.5) is 11.4 Å². The van der Waals surface area contributed by atoms with Crippen LogP contribution in [0.2, 0.25) is 5.02 Å². The van der Waals surface area contributed by atoms with E-state index in [1.165, 1.54) is 23.5 Å². The molecule has 30 heavy (non-hydrogen) atoms. The highest BCUT2D eigenvalue weighted by molar-refractivity contribution is 7.12. The highest BCUT2D eigenvalue weighted by Crippen LogP contribution is 2.27. The highest BCUT2D eigenvalue weighted by atomic mass is 35.5. The Morgan fingerprint density at radius 1 is 1.13 bits per heavy atom. The van der Waals surface area contributed by atoms with Crippen LogP contribution >= 0.6 is 22.9 Å². The first kappa shape index (κ1) is 20.1. The minimum Gasteiger partial charge on any atom is -0.333 e. The first-order valence-electron chi connectivity index (χ1n) is 9.12. The Morgan fingerprint density at radius 2 is 1.97 bits per heavy atom. The number of fused-ring (bicyclic) bond motifs is 1. The summed E-state index contributed by atoms with van der Waals surface area (Å²) in [5.74, 6) is -0.542. The summed E-state index contributed by atoms with van der Waals surface area (Å²) in [6.07, 6.45) is 0.734. The molecule has 2 aromatic carbocycles. The predicted octanol–water partition coefficient (Wildman–Crippen LogP) is 4.76. The number of non-ortho nitro benzene ring substituents is 1. The molecule has 1 aliphatic heterocycles. The minimum absolute atomic E-state index is 0.00605. The molecular weight excluding hydrogens is 426 g/mol. The molecule has 0 radical (unpaired) electrons. The van der Waals surface area contributed by atoms with Gasteiger partial charge in [-0.2, -0.15) is 0 Å². The van der Waals surface area contributed by atoms with Gasteiger partial charge in [-0.3, -0.25) is 19.7 Å². The maximum atomic E-state index is 12.6.